The van der Waals surface area contributed by atoms with Crippen LogP contribution in [0.25, 0.3) is 44.6 Å². The lowest BCUT2D eigenvalue weighted by atomic mass is 9.98. The summed E-state index contributed by atoms with van der Waals surface area (Å²) in [6, 6.07) is 29.8. The van der Waals surface area contributed by atoms with Gasteiger partial charge in [0.15, 0.2) is 5.65 Å². The number of rotatable bonds is 5. The lowest BCUT2D eigenvalue weighted by Crippen LogP contribution is -2.34. The monoisotopic (exact) mass is 514 g/mol. The second kappa shape index (κ2) is 9.67. The molecule has 194 valence electrons. The maximum absolute atomic E-state index is 11.9. The zero-order valence-electron chi connectivity index (χ0n) is 21.9. The molecule has 0 saturated carbocycles. The molecule has 7 rings (SSSR count). The van der Waals surface area contributed by atoms with Crippen LogP contribution in [0.15, 0.2) is 89.7 Å². The zero-order chi connectivity index (χ0) is 26.3. The van der Waals surface area contributed by atoms with E-state index in [0.717, 1.165) is 66.2 Å². The van der Waals surface area contributed by atoms with E-state index in [1.165, 1.54) is 11.1 Å². The molecule has 4 heterocycles. The Balaban J connectivity index is 1.10. The Morgan fingerprint density at radius 1 is 0.846 bits per heavy atom. The molecular formula is C32H30N6O. The van der Waals surface area contributed by atoms with E-state index in [0.29, 0.717) is 17.2 Å². The predicted octanol–water partition coefficient (Wildman–Crippen LogP) is 6.08. The van der Waals surface area contributed by atoms with E-state index in [9.17, 15) is 4.79 Å². The Bertz CT molecular complexity index is 1820. The third-order valence-corrected chi connectivity index (χ3v) is 7.92. The van der Waals surface area contributed by atoms with Crippen molar-refractivity contribution in [3.8, 4) is 22.4 Å². The number of fused-ring (bicyclic) bond motifs is 2. The van der Waals surface area contributed by atoms with Crippen molar-refractivity contribution in [2.45, 2.75) is 32.4 Å². The third kappa shape index (κ3) is 4.45. The number of hydrogen-bond acceptors (Lipinski definition) is 4. The standard InChI is InChI=1S/C32H30N6O/c1-21-33-27-9-5-6-10-29(27)38(21)25-15-17-37(18-16-25)20-22-11-13-24(14-12-22)30-26(23-7-3-2-4-8-23)19-28-31(35-30)36-32(39)34-28/h2-14,19,25H,15-18,20H2,1H3,(H2,34,35,36,39). The summed E-state index contributed by atoms with van der Waals surface area (Å²) in [6.07, 6.45) is 2.25. The van der Waals surface area contributed by atoms with Gasteiger partial charge in [-0.2, -0.15) is 0 Å². The number of nitrogens with one attached hydrogen (secondary N) is 2. The molecule has 1 aliphatic rings. The summed E-state index contributed by atoms with van der Waals surface area (Å²) in [5, 5.41) is 0. The van der Waals surface area contributed by atoms with E-state index in [1.807, 2.05) is 24.3 Å². The van der Waals surface area contributed by atoms with Crippen molar-refractivity contribution in [1.29, 1.82) is 0 Å². The Hall–Kier alpha value is -4.49. The number of nitrogens with zero attached hydrogens (tertiary/aromatic N) is 4. The van der Waals surface area contributed by atoms with Crippen LogP contribution in [0.4, 0.5) is 0 Å². The lowest BCUT2D eigenvalue weighted by molar-refractivity contribution is 0.180. The Labute approximate surface area is 226 Å². The van der Waals surface area contributed by atoms with Crippen molar-refractivity contribution in [2.75, 3.05) is 13.1 Å². The molecule has 2 N–H and O–H groups in total. The molecule has 0 unspecified atom stereocenters. The van der Waals surface area contributed by atoms with Crippen molar-refractivity contribution in [1.82, 2.24) is 29.4 Å². The van der Waals surface area contributed by atoms with Gasteiger partial charge < -0.3 is 9.55 Å². The minimum Gasteiger partial charge on any atom is -0.325 e. The molecule has 3 aromatic heterocycles. The minimum atomic E-state index is -0.246. The first kappa shape index (κ1) is 23.6. The third-order valence-electron chi connectivity index (χ3n) is 7.92. The number of aryl methyl sites for hydroxylation is 1. The van der Waals surface area contributed by atoms with Crippen LogP contribution in [0.2, 0.25) is 0 Å². The smallest absolute Gasteiger partial charge is 0.325 e. The van der Waals surface area contributed by atoms with Crippen LogP contribution in [0.3, 0.4) is 0 Å². The van der Waals surface area contributed by atoms with Gasteiger partial charge >= 0.3 is 5.69 Å². The van der Waals surface area contributed by atoms with Gasteiger partial charge in [0.1, 0.15) is 5.82 Å². The molecule has 7 heteroatoms. The second-order valence-electron chi connectivity index (χ2n) is 10.4. The first-order chi connectivity index (χ1) is 19.1. The van der Waals surface area contributed by atoms with E-state index in [-0.39, 0.29) is 5.69 Å². The van der Waals surface area contributed by atoms with Gasteiger partial charge in [-0.15, -0.1) is 0 Å². The van der Waals surface area contributed by atoms with E-state index < -0.39 is 0 Å². The number of aromatic amines is 2. The lowest BCUT2D eigenvalue weighted by Gasteiger charge is -2.33. The van der Waals surface area contributed by atoms with E-state index in [2.05, 4.69) is 87.0 Å². The van der Waals surface area contributed by atoms with Crippen molar-refractivity contribution >= 4 is 22.2 Å². The topological polar surface area (TPSA) is 82.6 Å². The molecule has 0 aliphatic carbocycles. The number of hydrogen-bond donors (Lipinski definition) is 2. The summed E-state index contributed by atoms with van der Waals surface area (Å²) in [5.74, 6) is 1.11. The molecule has 0 amide bonds. The van der Waals surface area contributed by atoms with Gasteiger partial charge in [0, 0.05) is 36.8 Å². The zero-order valence-corrected chi connectivity index (χ0v) is 21.9. The number of H-pyrrole nitrogens is 2. The van der Waals surface area contributed by atoms with Gasteiger partial charge in [0.2, 0.25) is 0 Å². The molecule has 7 nitrogen and oxygen atoms in total. The largest absolute Gasteiger partial charge is 0.325 e. The maximum atomic E-state index is 11.9. The summed E-state index contributed by atoms with van der Waals surface area (Å²) in [6.45, 7) is 5.18. The number of benzene rings is 3. The molecule has 0 bridgehead atoms. The van der Waals surface area contributed by atoms with Gasteiger partial charge in [-0.3, -0.25) is 9.88 Å². The first-order valence-corrected chi connectivity index (χ1v) is 13.6. The molecule has 39 heavy (non-hydrogen) atoms. The number of piperidine rings is 1. The van der Waals surface area contributed by atoms with Gasteiger partial charge in [-0.25, -0.2) is 14.8 Å². The fraction of sp³-hybridized carbons (Fsp3) is 0.219. The highest BCUT2D eigenvalue weighted by atomic mass is 16.1. The summed E-state index contributed by atoms with van der Waals surface area (Å²) >= 11 is 0. The van der Waals surface area contributed by atoms with Gasteiger partial charge in [0.25, 0.3) is 0 Å². The number of likely N-dealkylation sites (tertiary alicyclic amines) is 1. The molecular weight excluding hydrogens is 484 g/mol. The molecule has 0 spiro atoms. The van der Waals surface area contributed by atoms with Crippen LogP contribution >= 0.6 is 0 Å². The summed E-state index contributed by atoms with van der Waals surface area (Å²) in [5.41, 5.74) is 8.61. The average Bonchev–Trinajstić information content (AvgIpc) is 3.51. The van der Waals surface area contributed by atoms with Crippen LogP contribution in [0, 0.1) is 6.92 Å². The Kier molecular flexibility index (Phi) is 5.86. The first-order valence-electron chi connectivity index (χ1n) is 13.6. The SMILES string of the molecule is Cc1nc2ccccc2n1C1CCN(Cc2ccc(-c3nc4[nH]c(=O)[nH]c4cc3-c3ccccc3)cc2)CC1. The molecule has 0 radical (unpaired) electrons. The van der Waals surface area contributed by atoms with Crippen molar-refractivity contribution in [2.24, 2.45) is 0 Å². The van der Waals surface area contributed by atoms with E-state index >= 15 is 0 Å². The summed E-state index contributed by atoms with van der Waals surface area (Å²) in [7, 11) is 0. The molecule has 1 saturated heterocycles. The number of aromatic nitrogens is 5. The van der Waals surface area contributed by atoms with Crippen molar-refractivity contribution in [3.05, 3.63) is 107 Å². The fourth-order valence-electron chi connectivity index (χ4n) is 6.01. The number of para-hydroxylation sites is 2. The molecule has 0 atom stereocenters. The summed E-state index contributed by atoms with van der Waals surface area (Å²) < 4.78 is 2.44. The van der Waals surface area contributed by atoms with Gasteiger partial charge in [-0.1, -0.05) is 66.7 Å². The van der Waals surface area contributed by atoms with Crippen molar-refractivity contribution < 1.29 is 0 Å². The van der Waals surface area contributed by atoms with Crippen LogP contribution in [0.1, 0.15) is 30.3 Å². The highest BCUT2D eigenvalue weighted by Gasteiger charge is 2.23. The van der Waals surface area contributed by atoms with Crippen LogP contribution in [-0.4, -0.2) is 42.5 Å². The highest BCUT2D eigenvalue weighted by molar-refractivity contribution is 5.88. The van der Waals surface area contributed by atoms with Gasteiger partial charge in [0.05, 0.1) is 22.2 Å². The van der Waals surface area contributed by atoms with Crippen LogP contribution in [0.5, 0.6) is 0 Å². The average molecular weight is 515 g/mol. The normalized spacial score (nSPS) is 14.9. The Morgan fingerprint density at radius 2 is 1.59 bits per heavy atom. The maximum Gasteiger partial charge on any atom is 0.325 e. The quantitative estimate of drug-likeness (QED) is 0.292. The fourth-order valence-corrected chi connectivity index (χ4v) is 6.01. The molecule has 6 aromatic rings. The highest BCUT2D eigenvalue weighted by Crippen LogP contribution is 2.33. The van der Waals surface area contributed by atoms with Gasteiger partial charge in [-0.05, 0) is 49.1 Å². The molecule has 1 fully saturated rings. The predicted molar refractivity (Wildman–Crippen MR) is 156 cm³/mol. The van der Waals surface area contributed by atoms with E-state index in [4.69, 9.17) is 9.97 Å². The van der Waals surface area contributed by atoms with Crippen LogP contribution < -0.4 is 5.69 Å². The summed E-state index contributed by atoms with van der Waals surface area (Å²) in [4.78, 5) is 29.7. The van der Waals surface area contributed by atoms with E-state index in [1.54, 1.807) is 0 Å². The molecule has 3 aromatic carbocycles. The second-order valence-corrected chi connectivity index (χ2v) is 10.4. The molecule has 1 aliphatic heterocycles. The van der Waals surface area contributed by atoms with Crippen LogP contribution in [-0.2, 0) is 6.54 Å². The number of imidazole rings is 2. The Morgan fingerprint density at radius 3 is 2.38 bits per heavy atom. The van der Waals surface area contributed by atoms with Crippen molar-refractivity contribution in [3.63, 3.8) is 0 Å². The number of pyridine rings is 1. The minimum absolute atomic E-state index is 0.246.